The number of aryl methyl sites for hydroxylation is 2. The molecule has 0 atom stereocenters. The number of para-hydroxylation sites is 1. The van der Waals surface area contributed by atoms with Gasteiger partial charge in [-0.1, -0.05) is 12.1 Å². The van der Waals surface area contributed by atoms with Crippen LogP contribution in [0.1, 0.15) is 16.1 Å². The molecule has 0 aliphatic heterocycles. The molecule has 0 aliphatic carbocycles. The zero-order valence-electron chi connectivity index (χ0n) is 11.8. The highest BCUT2D eigenvalue weighted by atomic mass is 16.1. The fourth-order valence-corrected chi connectivity index (χ4v) is 2.08. The van der Waals surface area contributed by atoms with Crippen molar-refractivity contribution in [3.05, 3.63) is 54.1 Å². The summed E-state index contributed by atoms with van der Waals surface area (Å²) in [6.45, 7) is 1.94. The first-order valence-electron chi connectivity index (χ1n) is 6.54. The molecule has 0 unspecified atom stereocenters. The molecule has 1 amide bonds. The van der Waals surface area contributed by atoms with Crippen LogP contribution >= 0.6 is 0 Å². The van der Waals surface area contributed by atoms with Crippen LogP contribution in [0, 0.1) is 6.92 Å². The minimum absolute atomic E-state index is 0.196. The molecule has 0 fully saturated rings. The van der Waals surface area contributed by atoms with Gasteiger partial charge in [0.25, 0.3) is 5.91 Å². The van der Waals surface area contributed by atoms with Gasteiger partial charge in [0.2, 0.25) is 0 Å². The standard InChI is InChI=1S/C15H15N5O/c1-10-7-16-14(18-10)12-5-3-4-6-13(12)19-15(21)11-8-17-20(2)9-11/h3-9H,1-2H3,(H,16,18)(H,19,21). The van der Waals surface area contributed by atoms with Gasteiger partial charge in [-0.2, -0.15) is 5.10 Å². The average molecular weight is 281 g/mol. The van der Waals surface area contributed by atoms with Crippen molar-refractivity contribution in [1.82, 2.24) is 19.7 Å². The number of anilines is 1. The summed E-state index contributed by atoms with van der Waals surface area (Å²) in [7, 11) is 1.77. The molecule has 2 aromatic heterocycles. The van der Waals surface area contributed by atoms with Crippen LogP contribution in [0.25, 0.3) is 11.4 Å². The van der Waals surface area contributed by atoms with E-state index in [9.17, 15) is 4.79 Å². The normalized spacial score (nSPS) is 10.6. The fourth-order valence-electron chi connectivity index (χ4n) is 2.08. The molecule has 2 heterocycles. The Morgan fingerprint density at radius 2 is 2.10 bits per heavy atom. The molecule has 0 bridgehead atoms. The molecule has 106 valence electrons. The summed E-state index contributed by atoms with van der Waals surface area (Å²) < 4.78 is 1.59. The van der Waals surface area contributed by atoms with Crippen molar-refractivity contribution in [1.29, 1.82) is 0 Å². The molecule has 6 heteroatoms. The van der Waals surface area contributed by atoms with E-state index in [-0.39, 0.29) is 5.91 Å². The number of aromatic amines is 1. The third-order valence-corrected chi connectivity index (χ3v) is 3.10. The summed E-state index contributed by atoms with van der Waals surface area (Å²) in [4.78, 5) is 19.7. The van der Waals surface area contributed by atoms with E-state index in [4.69, 9.17) is 0 Å². The maximum atomic E-state index is 12.2. The number of benzene rings is 1. The smallest absolute Gasteiger partial charge is 0.258 e. The summed E-state index contributed by atoms with van der Waals surface area (Å²) in [5, 5.41) is 6.90. The number of imidazole rings is 1. The van der Waals surface area contributed by atoms with Gasteiger partial charge in [0, 0.05) is 30.7 Å². The van der Waals surface area contributed by atoms with E-state index < -0.39 is 0 Å². The van der Waals surface area contributed by atoms with Gasteiger partial charge in [-0.25, -0.2) is 4.98 Å². The second kappa shape index (κ2) is 5.24. The molecule has 3 rings (SSSR count). The first-order chi connectivity index (χ1) is 10.1. The Labute approximate surface area is 121 Å². The fraction of sp³-hybridized carbons (Fsp3) is 0.133. The highest BCUT2D eigenvalue weighted by molar-refractivity contribution is 6.05. The molecule has 0 aliphatic rings. The van der Waals surface area contributed by atoms with Crippen molar-refractivity contribution in [2.45, 2.75) is 6.92 Å². The number of nitrogens with one attached hydrogen (secondary N) is 2. The second-order valence-corrected chi connectivity index (χ2v) is 4.82. The lowest BCUT2D eigenvalue weighted by Gasteiger charge is -2.08. The molecular weight excluding hydrogens is 266 g/mol. The monoisotopic (exact) mass is 281 g/mol. The number of carbonyl (C=O) groups is 1. The number of amides is 1. The second-order valence-electron chi connectivity index (χ2n) is 4.82. The van der Waals surface area contributed by atoms with E-state index in [1.807, 2.05) is 31.2 Å². The van der Waals surface area contributed by atoms with Crippen molar-refractivity contribution in [3.63, 3.8) is 0 Å². The van der Waals surface area contributed by atoms with E-state index in [1.165, 1.54) is 6.20 Å². The lowest BCUT2D eigenvalue weighted by atomic mass is 10.1. The average Bonchev–Trinajstić information content (AvgIpc) is 3.08. The van der Waals surface area contributed by atoms with Crippen LogP contribution in [0.3, 0.4) is 0 Å². The SMILES string of the molecule is Cc1cnc(-c2ccccc2NC(=O)c2cnn(C)c2)[nH]1. The Hall–Kier alpha value is -2.89. The number of carbonyl (C=O) groups excluding carboxylic acids is 1. The Kier molecular flexibility index (Phi) is 3.27. The Balaban J connectivity index is 1.91. The number of H-pyrrole nitrogens is 1. The van der Waals surface area contributed by atoms with E-state index in [1.54, 1.807) is 24.1 Å². The predicted octanol–water partition coefficient (Wildman–Crippen LogP) is 2.37. The van der Waals surface area contributed by atoms with Crippen LogP contribution in [0.2, 0.25) is 0 Å². The third kappa shape index (κ3) is 2.69. The van der Waals surface area contributed by atoms with Gasteiger partial charge < -0.3 is 10.3 Å². The van der Waals surface area contributed by atoms with Gasteiger partial charge in [-0.05, 0) is 19.1 Å². The molecule has 0 spiro atoms. The van der Waals surface area contributed by atoms with Crippen LogP contribution in [0.15, 0.2) is 42.9 Å². The molecule has 0 radical (unpaired) electrons. The number of rotatable bonds is 3. The Morgan fingerprint density at radius 1 is 1.29 bits per heavy atom. The lowest BCUT2D eigenvalue weighted by molar-refractivity contribution is 0.102. The lowest BCUT2D eigenvalue weighted by Crippen LogP contribution is -2.12. The highest BCUT2D eigenvalue weighted by Crippen LogP contribution is 2.25. The van der Waals surface area contributed by atoms with Gasteiger partial charge in [-0.3, -0.25) is 9.48 Å². The van der Waals surface area contributed by atoms with Crippen molar-refractivity contribution in [3.8, 4) is 11.4 Å². The van der Waals surface area contributed by atoms with Gasteiger partial charge >= 0.3 is 0 Å². The summed E-state index contributed by atoms with van der Waals surface area (Å²) in [5.41, 5.74) is 3.05. The van der Waals surface area contributed by atoms with Crippen molar-refractivity contribution in [2.24, 2.45) is 7.05 Å². The van der Waals surface area contributed by atoms with Crippen LogP contribution in [0.5, 0.6) is 0 Å². The predicted molar refractivity (Wildman–Crippen MR) is 79.9 cm³/mol. The van der Waals surface area contributed by atoms with E-state index >= 15 is 0 Å². The van der Waals surface area contributed by atoms with Gasteiger partial charge in [0.05, 0.1) is 17.4 Å². The maximum absolute atomic E-state index is 12.2. The molecule has 0 saturated carbocycles. The topological polar surface area (TPSA) is 75.6 Å². The Bertz CT molecular complexity index is 787. The van der Waals surface area contributed by atoms with Crippen LogP contribution < -0.4 is 5.32 Å². The van der Waals surface area contributed by atoms with E-state index in [2.05, 4.69) is 20.4 Å². The molecular formula is C15H15N5O. The zero-order chi connectivity index (χ0) is 14.8. The minimum atomic E-state index is -0.196. The first kappa shape index (κ1) is 13.1. The molecule has 21 heavy (non-hydrogen) atoms. The minimum Gasteiger partial charge on any atom is -0.342 e. The van der Waals surface area contributed by atoms with Crippen molar-refractivity contribution < 1.29 is 4.79 Å². The third-order valence-electron chi connectivity index (χ3n) is 3.10. The number of aromatic nitrogens is 4. The van der Waals surface area contributed by atoms with Crippen LogP contribution in [0.4, 0.5) is 5.69 Å². The van der Waals surface area contributed by atoms with Crippen LogP contribution in [-0.2, 0) is 7.05 Å². The molecule has 6 nitrogen and oxygen atoms in total. The van der Waals surface area contributed by atoms with Crippen LogP contribution in [-0.4, -0.2) is 25.7 Å². The summed E-state index contributed by atoms with van der Waals surface area (Å²) in [5.74, 6) is 0.536. The van der Waals surface area contributed by atoms with Gasteiger partial charge in [0.1, 0.15) is 5.82 Å². The molecule has 0 saturated heterocycles. The van der Waals surface area contributed by atoms with E-state index in [0.29, 0.717) is 11.3 Å². The first-order valence-corrected chi connectivity index (χ1v) is 6.54. The number of nitrogens with zero attached hydrogens (tertiary/aromatic N) is 3. The van der Waals surface area contributed by atoms with Gasteiger partial charge in [0.15, 0.2) is 0 Å². The molecule has 2 N–H and O–H groups in total. The van der Waals surface area contributed by atoms with E-state index in [0.717, 1.165) is 17.1 Å². The molecule has 1 aromatic carbocycles. The largest absolute Gasteiger partial charge is 0.342 e. The Morgan fingerprint density at radius 3 is 2.76 bits per heavy atom. The summed E-state index contributed by atoms with van der Waals surface area (Å²) >= 11 is 0. The van der Waals surface area contributed by atoms with Gasteiger partial charge in [-0.15, -0.1) is 0 Å². The quantitative estimate of drug-likeness (QED) is 0.774. The zero-order valence-corrected chi connectivity index (χ0v) is 11.8. The van der Waals surface area contributed by atoms with Crippen molar-refractivity contribution in [2.75, 3.05) is 5.32 Å². The highest BCUT2D eigenvalue weighted by Gasteiger charge is 2.12. The maximum Gasteiger partial charge on any atom is 0.258 e. The number of hydrogen-bond acceptors (Lipinski definition) is 3. The summed E-state index contributed by atoms with van der Waals surface area (Å²) in [6, 6.07) is 7.55. The molecule has 3 aromatic rings. The number of hydrogen-bond donors (Lipinski definition) is 2. The summed E-state index contributed by atoms with van der Waals surface area (Å²) in [6.07, 6.45) is 4.97. The van der Waals surface area contributed by atoms with Crippen molar-refractivity contribution >= 4 is 11.6 Å².